The van der Waals surface area contributed by atoms with Crippen molar-refractivity contribution in [2.75, 3.05) is 36.8 Å². The number of benzene rings is 2. The Morgan fingerprint density at radius 2 is 1.58 bits per heavy atom. The van der Waals surface area contributed by atoms with E-state index in [-0.39, 0.29) is 5.75 Å². The molecule has 3 rings (SSSR count). The number of hydrogen-bond acceptors (Lipinski definition) is 3. The zero-order chi connectivity index (χ0) is 18.6. The summed E-state index contributed by atoms with van der Waals surface area (Å²) in [5.41, 5.74) is 4.95. The smallest absolute Gasteiger partial charge is 0.214 e. The molecular formula is C21H28N2O2S. The molecule has 0 unspecified atom stereocenters. The van der Waals surface area contributed by atoms with Crippen molar-refractivity contribution in [3.63, 3.8) is 0 Å². The Morgan fingerprint density at radius 3 is 2.23 bits per heavy atom. The maximum atomic E-state index is 12.6. The van der Waals surface area contributed by atoms with Crippen LogP contribution in [0.3, 0.4) is 0 Å². The number of aryl methyl sites for hydroxylation is 3. The summed E-state index contributed by atoms with van der Waals surface area (Å²) >= 11 is 0. The molecule has 0 radical (unpaired) electrons. The minimum absolute atomic E-state index is 0.228. The molecule has 5 heteroatoms. The molecule has 0 atom stereocenters. The number of piperazine rings is 1. The Hall–Kier alpha value is -1.85. The quantitative estimate of drug-likeness (QED) is 0.780. The third-order valence-corrected chi connectivity index (χ3v) is 7.15. The van der Waals surface area contributed by atoms with Gasteiger partial charge >= 0.3 is 0 Å². The fourth-order valence-corrected chi connectivity index (χ4v) is 4.87. The summed E-state index contributed by atoms with van der Waals surface area (Å²) < 4.78 is 26.9. The van der Waals surface area contributed by atoms with Gasteiger partial charge in [-0.3, -0.25) is 0 Å². The van der Waals surface area contributed by atoms with Gasteiger partial charge in [0, 0.05) is 31.9 Å². The molecular weight excluding hydrogens is 344 g/mol. The van der Waals surface area contributed by atoms with Gasteiger partial charge < -0.3 is 4.90 Å². The molecule has 1 heterocycles. The summed E-state index contributed by atoms with van der Waals surface area (Å²) in [7, 11) is -3.17. The molecule has 1 saturated heterocycles. The van der Waals surface area contributed by atoms with Gasteiger partial charge in [0.15, 0.2) is 0 Å². The molecule has 26 heavy (non-hydrogen) atoms. The second-order valence-electron chi connectivity index (χ2n) is 7.06. The van der Waals surface area contributed by atoms with Crippen LogP contribution in [0.5, 0.6) is 0 Å². The molecule has 0 amide bonds. The molecule has 0 aromatic heterocycles. The summed E-state index contributed by atoms with van der Waals surface area (Å²) in [5, 5.41) is 0. The van der Waals surface area contributed by atoms with Crippen molar-refractivity contribution >= 4 is 15.7 Å². The summed E-state index contributed by atoms with van der Waals surface area (Å²) in [6.45, 7) is 6.87. The number of hydrogen-bond donors (Lipinski definition) is 0. The summed E-state index contributed by atoms with van der Waals surface area (Å²) in [4.78, 5) is 2.28. The zero-order valence-corrected chi connectivity index (χ0v) is 16.5. The lowest BCUT2D eigenvalue weighted by Crippen LogP contribution is -2.49. The van der Waals surface area contributed by atoms with Crippen LogP contribution in [0.15, 0.2) is 48.5 Å². The van der Waals surface area contributed by atoms with E-state index >= 15 is 0 Å². The molecule has 0 aliphatic carbocycles. The van der Waals surface area contributed by atoms with E-state index in [0.717, 1.165) is 19.5 Å². The number of nitrogens with zero attached hydrogens (tertiary/aromatic N) is 2. The molecule has 1 aliphatic heterocycles. The zero-order valence-electron chi connectivity index (χ0n) is 15.7. The van der Waals surface area contributed by atoms with Gasteiger partial charge in [-0.25, -0.2) is 8.42 Å². The predicted octanol–water partition coefficient (Wildman–Crippen LogP) is 3.39. The van der Waals surface area contributed by atoms with E-state index in [2.05, 4.69) is 49.1 Å². The van der Waals surface area contributed by atoms with E-state index in [9.17, 15) is 8.42 Å². The standard InChI is InChI=1S/C21H28N2O2S/c1-18-10-11-21(17-19(18)2)22-12-14-23(15-13-22)26(24,25)16-6-9-20-7-4-3-5-8-20/h3-5,7-8,10-11,17H,6,9,12-16H2,1-2H3. The van der Waals surface area contributed by atoms with Crippen molar-refractivity contribution < 1.29 is 8.42 Å². The highest BCUT2D eigenvalue weighted by molar-refractivity contribution is 7.89. The van der Waals surface area contributed by atoms with Crippen LogP contribution in [-0.4, -0.2) is 44.7 Å². The molecule has 2 aromatic rings. The third kappa shape index (κ3) is 4.65. The van der Waals surface area contributed by atoms with Crippen LogP contribution in [-0.2, 0) is 16.4 Å². The Balaban J connectivity index is 1.52. The van der Waals surface area contributed by atoms with E-state index < -0.39 is 10.0 Å². The van der Waals surface area contributed by atoms with Gasteiger partial charge in [-0.05, 0) is 55.5 Å². The molecule has 0 N–H and O–H groups in total. The lowest BCUT2D eigenvalue weighted by atomic mass is 10.1. The monoisotopic (exact) mass is 372 g/mol. The number of sulfonamides is 1. The van der Waals surface area contributed by atoms with Crippen molar-refractivity contribution in [1.82, 2.24) is 4.31 Å². The highest BCUT2D eigenvalue weighted by Gasteiger charge is 2.26. The number of anilines is 1. The predicted molar refractivity (Wildman–Crippen MR) is 108 cm³/mol. The van der Waals surface area contributed by atoms with Crippen LogP contribution < -0.4 is 4.90 Å². The van der Waals surface area contributed by atoms with E-state index in [1.165, 1.54) is 22.4 Å². The molecule has 0 spiro atoms. The average Bonchev–Trinajstić information content (AvgIpc) is 2.65. The SMILES string of the molecule is Cc1ccc(N2CCN(S(=O)(=O)CCCc3ccccc3)CC2)cc1C. The molecule has 4 nitrogen and oxygen atoms in total. The maximum Gasteiger partial charge on any atom is 0.214 e. The first kappa shape index (κ1) is 18.9. The Bertz CT molecular complexity index is 826. The number of rotatable bonds is 6. The van der Waals surface area contributed by atoms with Crippen LogP contribution in [0.2, 0.25) is 0 Å². The topological polar surface area (TPSA) is 40.6 Å². The van der Waals surface area contributed by atoms with Crippen molar-refractivity contribution in [2.45, 2.75) is 26.7 Å². The van der Waals surface area contributed by atoms with Crippen molar-refractivity contribution in [2.24, 2.45) is 0 Å². The minimum atomic E-state index is -3.17. The van der Waals surface area contributed by atoms with Gasteiger partial charge in [-0.2, -0.15) is 4.31 Å². The van der Waals surface area contributed by atoms with E-state index in [1.807, 2.05) is 18.2 Å². The van der Waals surface area contributed by atoms with E-state index in [1.54, 1.807) is 4.31 Å². The van der Waals surface area contributed by atoms with Gasteiger partial charge in [0.25, 0.3) is 0 Å². The Morgan fingerprint density at radius 1 is 0.885 bits per heavy atom. The third-order valence-electron chi connectivity index (χ3n) is 5.20. The van der Waals surface area contributed by atoms with E-state index in [4.69, 9.17) is 0 Å². The lowest BCUT2D eigenvalue weighted by Gasteiger charge is -2.35. The second kappa shape index (κ2) is 8.23. The van der Waals surface area contributed by atoms with Crippen LogP contribution in [0, 0.1) is 13.8 Å². The molecule has 140 valence electrons. The normalized spacial score (nSPS) is 16.0. The van der Waals surface area contributed by atoms with Gasteiger partial charge in [0.2, 0.25) is 10.0 Å². The molecule has 2 aromatic carbocycles. The Kier molecular flexibility index (Phi) is 5.99. The van der Waals surface area contributed by atoms with Crippen LogP contribution >= 0.6 is 0 Å². The van der Waals surface area contributed by atoms with E-state index in [0.29, 0.717) is 19.5 Å². The van der Waals surface area contributed by atoms with Gasteiger partial charge in [0.05, 0.1) is 5.75 Å². The fraction of sp³-hybridized carbons (Fsp3) is 0.429. The first-order chi connectivity index (χ1) is 12.5. The van der Waals surface area contributed by atoms with Gasteiger partial charge in [-0.1, -0.05) is 36.4 Å². The molecule has 1 fully saturated rings. The van der Waals surface area contributed by atoms with Crippen molar-refractivity contribution in [3.8, 4) is 0 Å². The first-order valence-electron chi connectivity index (χ1n) is 9.30. The van der Waals surface area contributed by atoms with Gasteiger partial charge in [-0.15, -0.1) is 0 Å². The van der Waals surface area contributed by atoms with Crippen LogP contribution in [0.4, 0.5) is 5.69 Å². The Labute approximate surface area is 157 Å². The van der Waals surface area contributed by atoms with Gasteiger partial charge in [0.1, 0.15) is 0 Å². The van der Waals surface area contributed by atoms with Crippen LogP contribution in [0.1, 0.15) is 23.1 Å². The lowest BCUT2D eigenvalue weighted by molar-refractivity contribution is 0.384. The first-order valence-corrected chi connectivity index (χ1v) is 10.9. The summed E-state index contributed by atoms with van der Waals surface area (Å²) in [6, 6.07) is 16.5. The highest BCUT2D eigenvalue weighted by Crippen LogP contribution is 2.21. The fourth-order valence-electron chi connectivity index (χ4n) is 3.38. The van der Waals surface area contributed by atoms with Crippen molar-refractivity contribution in [3.05, 3.63) is 65.2 Å². The minimum Gasteiger partial charge on any atom is -0.369 e. The maximum absolute atomic E-state index is 12.6. The summed E-state index contributed by atoms with van der Waals surface area (Å²) in [5.74, 6) is 0.228. The van der Waals surface area contributed by atoms with Crippen LogP contribution in [0.25, 0.3) is 0 Å². The molecule has 0 bridgehead atoms. The average molecular weight is 373 g/mol. The van der Waals surface area contributed by atoms with Crippen molar-refractivity contribution in [1.29, 1.82) is 0 Å². The molecule has 0 saturated carbocycles. The summed E-state index contributed by atoms with van der Waals surface area (Å²) in [6.07, 6.45) is 1.48. The second-order valence-corrected chi connectivity index (χ2v) is 9.15. The highest BCUT2D eigenvalue weighted by atomic mass is 32.2. The largest absolute Gasteiger partial charge is 0.369 e. The molecule has 1 aliphatic rings.